The van der Waals surface area contributed by atoms with Crippen molar-refractivity contribution in [2.45, 2.75) is 166 Å². The molecule has 4 bridgehead atoms. The number of aryl methyl sites for hydroxylation is 3. The molecule has 3 N–H and O–H groups in total. The number of hydrogen-bond acceptors (Lipinski definition) is 22. The van der Waals surface area contributed by atoms with Crippen LogP contribution in [0.4, 0.5) is 19.8 Å². The summed E-state index contributed by atoms with van der Waals surface area (Å²) >= 11 is 4.83. The standard InChI is InChI=1S/C24H27N7OS.C23H23N7S.C22H23FN6S/c1-13-27-19-15(11-25)7-14(8-18(19)32-13)20-26-12-17-21(29-20)33-22(28-17)31(6)16-9-23(2,3)30-24(4,5)10-16;1-13-11-30-12-15(7-14(10-24)21(30)25-13)19-5-6-20-22(27-19)31-23(28-20)29(2)18-8-16-3-4-17(9-18)26-16;1-12-10-29-11-13(7-17(23)20(29)24-12)18-5-6-19-21(26-18)30-22(27-19)28(2)16-8-14-3-4-15(9-16)25-14/h7-8,12,16,30H,9-10H2,1-6H3;5-7,11-12,16-18,26H,3-4,8-9H2,1-2H3;5-7,10-11,14-16,25H,3-4,8-9H2,1-2H3. The number of oxazole rings is 1. The highest BCUT2D eigenvalue weighted by atomic mass is 32.1. The van der Waals surface area contributed by atoms with Gasteiger partial charge < -0.3 is 43.9 Å². The van der Waals surface area contributed by atoms with Gasteiger partial charge in [-0.25, -0.2) is 54.2 Å². The van der Waals surface area contributed by atoms with Crippen molar-refractivity contribution in [1.29, 1.82) is 10.5 Å². The molecule has 5 fully saturated rings. The first kappa shape index (κ1) is 61.5. The molecule has 5 aliphatic rings. The Balaban J connectivity index is 0.000000116. The Morgan fingerprint density at radius 2 is 1.03 bits per heavy atom. The minimum Gasteiger partial charge on any atom is -0.441 e. The molecule has 4 atom stereocenters. The van der Waals surface area contributed by atoms with E-state index in [1.165, 1.54) is 57.4 Å². The summed E-state index contributed by atoms with van der Waals surface area (Å²) in [7, 11) is 6.44. The molecule has 480 valence electrons. The fourth-order valence-electron chi connectivity index (χ4n) is 15.1. The van der Waals surface area contributed by atoms with Crippen LogP contribution in [0.15, 0.2) is 83.9 Å². The first-order valence-corrected chi connectivity index (χ1v) is 34.6. The zero-order valence-corrected chi connectivity index (χ0v) is 56.7. The summed E-state index contributed by atoms with van der Waals surface area (Å²) in [5, 5.41) is 33.3. The minimum absolute atomic E-state index is 0.0560. The van der Waals surface area contributed by atoms with E-state index in [2.05, 4.69) is 112 Å². The lowest BCUT2D eigenvalue weighted by molar-refractivity contribution is 0.161. The van der Waals surface area contributed by atoms with Gasteiger partial charge in [0.15, 0.2) is 49.8 Å². The maximum atomic E-state index is 14.5. The number of piperidine rings is 3. The highest BCUT2D eigenvalue weighted by Gasteiger charge is 2.41. The van der Waals surface area contributed by atoms with Crippen LogP contribution in [0.25, 0.3) is 87.3 Å². The fourth-order valence-corrected chi connectivity index (χ4v) is 18.0. The van der Waals surface area contributed by atoms with Crippen molar-refractivity contribution in [2.24, 2.45) is 0 Å². The number of anilines is 3. The van der Waals surface area contributed by atoms with Crippen LogP contribution in [0, 0.1) is 49.3 Å². The number of benzene rings is 1. The maximum Gasteiger partial charge on any atom is 0.192 e. The summed E-state index contributed by atoms with van der Waals surface area (Å²) in [6.07, 6.45) is 21.3. The molecule has 0 radical (unpaired) electrons. The fraction of sp³-hybridized carbons (Fsp3) is 0.420. The minimum atomic E-state index is -0.340. The number of fused-ring (bicyclic) bond motifs is 10. The van der Waals surface area contributed by atoms with Crippen LogP contribution in [0.2, 0.25) is 0 Å². The molecule has 5 aliphatic heterocycles. The van der Waals surface area contributed by atoms with Crippen molar-refractivity contribution in [2.75, 3.05) is 35.8 Å². The average molecular weight is 1310 g/mol. The second kappa shape index (κ2) is 23.9. The summed E-state index contributed by atoms with van der Waals surface area (Å²) < 4.78 is 23.8. The van der Waals surface area contributed by atoms with E-state index < -0.39 is 0 Å². The molecule has 1 aromatic carbocycles. The van der Waals surface area contributed by atoms with Gasteiger partial charge in [0.25, 0.3) is 0 Å². The molecule has 0 spiro atoms. The Labute approximate surface area is 555 Å². The zero-order valence-electron chi connectivity index (χ0n) is 54.2. The lowest BCUT2D eigenvalue weighted by Gasteiger charge is -2.48. The quantitative estimate of drug-likeness (QED) is 0.122. The monoisotopic (exact) mass is 1310 g/mol. The van der Waals surface area contributed by atoms with Crippen LogP contribution >= 0.6 is 34.0 Å². The van der Waals surface area contributed by atoms with Crippen LogP contribution in [0.3, 0.4) is 0 Å². The molecule has 21 nitrogen and oxygen atoms in total. The molecule has 17 rings (SSSR count). The predicted octanol–water partition coefficient (Wildman–Crippen LogP) is 12.9. The van der Waals surface area contributed by atoms with E-state index in [9.17, 15) is 14.9 Å². The molecule has 0 saturated carbocycles. The van der Waals surface area contributed by atoms with Gasteiger partial charge in [-0.2, -0.15) is 10.5 Å². The highest BCUT2D eigenvalue weighted by Crippen LogP contribution is 2.40. The average Bonchev–Trinajstić information content (AvgIpc) is 1.56. The van der Waals surface area contributed by atoms with E-state index in [0.717, 1.165) is 98.7 Å². The second-order valence-corrected chi connectivity index (χ2v) is 30.4. The van der Waals surface area contributed by atoms with Crippen LogP contribution in [0.1, 0.15) is 120 Å². The Morgan fingerprint density at radius 1 is 0.553 bits per heavy atom. The van der Waals surface area contributed by atoms with E-state index in [-0.39, 0.29) is 16.9 Å². The lowest BCUT2D eigenvalue weighted by Crippen LogP contribution is -2.61. The van der Waals surface area contributed by atoms with E-state index in [1.54, 1.807) is 57.6 Å². The molecule has 11 aromatic heterocycles. The van der Waals surface area contributed by atoms with Crippen LogP contribution in [-0.4, -0.2) is 133 Å². The molecule has 0 amide bonds. The number of nitrogens with zero attached hydrogens (tertiary/aromatic N) is 17. The predicted molar refractivity (Wildman–Crippen MR) is 370 cm³/mol. The molecular formula is C69H73FN20OS3. The number of hydrogen-bond donors (Lipinski definition) is 3. The third-order valence-electron chi connectivity index (χ3n) is 19.2. The van der Waals surface area contributed by atoms with E-state index in [1.807, 2.05) is 79.4 Å². The van der Waals surface area contributed by atoms with Crippen LogP contribution in [-0.2, 0) is 0 Å². The van der Waals surface area contributed by atoms with Crippen molar-refractivity contribution < 1.29 is 8.81 Å². The summed E-state index contributed by atoms with van der Waals surface area (Å²) in [6, 6.07) is 23.4. The van der Waals surface area contributed by atoms with E-state index in [4.69, 9.17) is 34.3 Å². The topological polar surface area (TPSA) is 244 Å². The molecular weight excluding hydrogens is 1240 g/mol. The number of pyridine rings is 4. The smallest absolute Gasteiger partial charge is 0.192 e. The summed E-state index contributed by atoms with van der Waals surface area (Å²) in [5.41, 5.74) is 11.5. The van der Waals surface area contributed by atoms with Crippen molar-refractivity contribution in [3.8, 4) is 46.0 Å². The van der Waals surface area contributed by atoms with Crippen LogP contribution < -0.4 is 30.7 Å². The van der Waals surface area contributed by atoms with E-state index >= 15 is 0 Å². The van der Waals surface area contributed by atoms with Gasteiger partial charge in [-0.15, -0.1) is 0 Å². The van der Waals surface area contributed by atoms with Crippen molar-refractivity contribution in [3.63, 3.8) is 0 Å². The first-order chi connectivity index (χ1) is 45.1. The summed E-state index contributed by atoms with van der Waals surface area (Å²) in [6.45, 7) is 14.6. The normalized spacial score (nSPS) is 21.3. The third-order valence-corrected chi connectivity index (χ3v) is 22.4. The molecule has 25 heteroatoms. The Kier molecular flexibility index (Phi) is 15.7. The number of nitrogens with one attached hydrogen (secondary N) is 3. The SMILES string of the molecule is Cc1cn2cc(-c3ccc4nc(N(C)C5CC6CCC(C5)N6)sc4n3)cc(C#N)c2n1.Cc1cn2cc(-c3ccc4nc(N(C)C5CC6CCC(C5)N6)sc4n3)cc(F)c2n1.Cc1nc2c(C#N)cc(-c3ncc4nc(N(C)C5CC(C)(C)NC(C)(C)C5)sc4n3)cc2o1. The number of halogens is 1. The lowest BCUT2D eigenvalue weighted by atomic mass is 9.79. The number of thiazole rings is 3. The zero-order chi connectivity index (χ0) is 65.1. The highest BCUT2D eigenvalue weighted by molar-refractivity contribution is 7.22. The summed E-state index contributed by atoms with van der Waals surface area (Å²) in [4.78, 5) is 56.1. The van der Waals surface area contributed by atoms with Gasteiger partial charge in [-0.05, 0) is 154 Å². The Hall–Kier alpha value is -8.69. The van der Waals surface area contributed by atoms with Gasteiger partial charge in [0, 0.05) is 123 Å². The number of nitriles is 2. The molecule has 12 aromatic rings. The Bertz CT molecular complexity index is 4970. The van der Waals surface area contributed by atoms with Crippen molar-refractivity contribution in [1.82, 2.24) is 74.6 Å². The largest absolute Gasteiger partial charge is 0.441 e. The molecule has 4 unspecified atom stereocenters. The second-order valence-electron chi connectivity index (χ2n) is 27.5. The van der Waals surface area contributed by atoms with E-state index in [0.29, 0.717) is 87.5 Å². The van der Waals surface area contributed by atoms with Crippen molar-refractivity contribution in [3.05, 3.63) is 114 Å². The van der Waals surface area contributed by atoms with Gasteiger partial charge in [-0.3, -0.25) is 0 Å². The first-order valence-electron chi connectivity index (χ1n) is 32.2. The van der Waals surface area contributed by atoms with Crippen molar-refractivity contribution >= 4 is 103 Å². The van der Waals surface area contributed by atoms with Gasteiger partial charge in [0.05, 0.1) is 40.1 Å². The molecule has 0 aliphatic carbocycles. The maximum absolute atomic E-state index is 14.5. The Morgan fingerprint density at radius 3 is 1.57 bits per heavy atom. The summed E-state index contributed by atoms with van der Waals surface area (Å²) in [5.74, 6) is 0.721. The molecule has 94 heavy (non-hydrogen) atoms. The van der Waals surface area contributed by atoms with Crippen LogP contribution in [0.5, 0.6) is 0 Å². The van der Waals surface area contributed by atoms with Gasteiger partial charge >= 0.3 is 0 Å². The molecule has 5 saturated heterocycles. The third kappa shape index (κ3) is 12.1. The number of rotatable bonds is 9. The molecule has 16 heterocycles. The van der Waals surface area contributed by atoms with Gasteiger partial charge in [0.1, 0.15) is 48.7 Å². The van der Waals surface area contributed by atoms with Gasteiger partial charge in [0.2, 0.25) is 0 Å². The van der Waals surface area contributed by atoms with Gasteiger partial charge in [-0.1, -0.05) is 34.0 Å². The number of aromatic nitrogens is 12. The number of imidazole rings is 2.